The molecule has 20 heavy (non-hydrogen) atoms. The van der Waals surface area contributed by atoms with Gasteiger partial charge in [0.2, 0.25) is 0 Å². The smallest absolute Gasteiger partial charge is 0.129 e. The lowest BCUT2D eigenvalue weighted by Crippen LogP contribution is -2.45. The molecule has 2 rings (SSSR count). The third-order valence-corrected chi connectivity index (χ3v) is 4.13. The number of benzene rings is 1. The normalized spacial score (nSPS) is 17.6. The maximum atomic E-state index is 14.1. The first-order valence-electron chi connectivity index (χ1n) is 6.60. The summed E-state index contributed by atoms with van der Waals surface area (Å²) in [5.41, 5.74) is 1.28. The summed E-state index contributed by atoms with van der Waals surface area (Å²) in [6.45, 7) is 4.62. The van der Waals surface area contributed by atoms with Crippen molar-refractivity contribution in [2.24, 2.45) is 0 Å². The molecule has 1 fully saturated rings. The highest BCUT2D eigenvalue weighted by atomic mass is 35.5. The molecule has 0 bridgehead atoms. The third-order valence-electron chi connectivity index (χ3n) is 3.63. The number of alkyl halides is 1. The summed E-state index contributed by atoms with van der Waals surface area (Å²) in [4.78, 5) is 2.11. The van der Waals surface area contributed by atoms with Crippen LogP contribution in [0.1, 0.15) is 23.6 Å². The van der Waals surface area contributed by atoms with Crippen LogP contribution in [0.15, 0.2) is 12.1 Å². The van der Waals surface area contributed by atoms with Crippen molar-refractivity contribution < 1.29 is 8.78 Å². The second-order valence-electron chi connectivity index (χ2n) is 4.87. The molecule has 1 atom stereocenters. The van der Waals surface area contributed by atoms with Crippen molar-refractivity contribution in [3.8, 4) is 0 Å². The first-order valence-corrected chi connectivity index (χ1v) is 6.98. The van der Waals surface area contributed by atoms with E-state index in [1.54, 1.807) is 6.07 Å². The van der Waals surface area contributed by atoms with Crippen LogP contribution < -0.4 is 5.32 Å². The van der Waals surface area contributed by atoms with E-state index in [1.807, 2.05) is 6.92 Å². The molecule has 0 saturated carbocycles. The molecule has 1 aliphatic heterocycles. The Kier molecular flexibility index (Phi) is 7.17. The second-order valence-corrected chi connectivity index (χ2v) is 5.25. The average molecular weight is 325 g/mol. The Morgan fingerprint density at radius 2 is 2.00 bits per heavy atom. The minimum absolute atomic E-state index is 0. The fourth-order valence-electron chi connectivity index (χ4n) is 2.59. The Labute approximate surface area is 129 Å². The van der Waals surface area contributed by atoms with Crippen LogP contribution in [0, 0.1) is 12.7 Å². The molecule has 0 radical (unpaired) electrons. The molecule has 0 amide bonds. The van der Waals surface area contributed by atoms with Gasteiger partial charge >= 0.3 is 0 Å². The number of aryl methyl sites for hydroxylation is 1. The van der Waals surface area contributed by atoms with E-state index in [9.17, 15) is 8.78 Å². The van der Waals surface area contributed by atoms with Gasteiger partial charge in [0.15, 0.2) is 0 Å². The van der Waals surface area contributed by atoms with Crippen LogP contribution >= 0.6 is 24.0 Å². The van der Waals surface area contributed by atoms with Crippen molar-refractivity contribution in [3.63, 3.8) is 0 Å². The van der Waals surface area contributed by atoms with Gasteiger partial charge in [0, 0.05) is 37.8 Å². The van der Waals surface area contributed by atoms with Crippen molar-refractivity contribution in [2.75, 3.05) is 32.9 Å². The van der Waals surface area contributed by atoms with E-state index >= 15 is 0 Å². The molecule has 1 heterocycles. The van der Waals surface area contributed by atoms with E-state index in [0.717, 1.165) is 31.7 Å². The van der Waals surface area contributed by atoms with Gasteiger partial charge in [0.1, 0.15) is 5.82 Å². The number of hydrogen-bond donors (Lipinski definition) is 1. The molecule has 1 N–H and O–H groups in total. The standard InChI is InChI=1S/C14H19ClF2N2.ClH/c1-10-2-3-11(17)13(14(10)15)12(4-5-16)19-8-6-18-7-9-19;/h2-3,12,18H,4-9H2,1H3;1H/t12-;/m1./s1. The number of piperazine rings is 1. The number of nitrogens with zero attached hydrogens (tertiary/aromatic N) is 1. The molecule has 6 heteroatoms. The average Bonchev–Trinajstić information content (AvgIpc) is 2.43. The fourth-order valence-corrected chi connectivity index (χ4v) is 2.87. The first kappa shape index (κ1) is 17.6. The van der Waals surface area contributed by atoms with E-state index in [2.05, 4.69) is 10.2 Å². The number of rotatable bonds is 4. The Morgan fingerprint density at radius 3 is 2.60 bits per heavy atom. The summed E-state index contributed by atoms with van der Waals surface area (Å²) in [5.74, 6) is -0.340. The summed E-state index contributed by atoms with van der Waals surface area (Å²) in [6.07, 6.45) is 0.278. The molecule has 0 aliphatic carbocycles. The molecular weight excluding hydrogens is 305 g/mol. The lowest BCUT2D eigenvalue weighted by Gasteiger charge is -2.35. The minimum atomic E-state index is -0.474. The molecule has 114 valence electrons. The highest BCUT2D eigenvalue weighted by molar-refractivity contribution is 6.32. The SMILES string of the molecule is Cc1ccc(F)c([C@@H](CCF)N2CCNCC2)c1Cl.Cl. The van der Waals surface area contributed by atoms with Gasteiger partial charge in [0.25, 0.3) is 0 Å². The van der Waals surface area contributed by atoms with Crippen LogP contribution in [0.2, 0.25) is 5.02 Å². The van der Waals surface area contributed by atoms with Gasteiger partial charge in [0.05, 0.1) is 11.7 Å². The summed E-state index contributed by atoms with van der Waals surface area (Å²) in [7, 11) is 0. The van der Waals surface area contributed by atoms with E-state index in [1.165, 1.54) is 6.07 Å². The summed E-state index contributed by atoms with van der Waals surface area (Å²) >= 11 is 6.24. The first-order chi connectivity index (χ1) is 9.15. The zero-order valence-corrected chi connectivity index (χ0v) is 13.0. The summed E-state index contributed by atoms with van der Waals surface area (Å²) in [5, 5.41) is 3.67. The molecule has 0 unspecified atom stereocenters. The number of nitrogens with one attached hydrogen (secondary N) is 1. The predicted molar refractivity (Wildman–Crippen MR) is 81.2 cm³/mol. The van der Waals surface area contributed by atoms with Crippen molar-refractivity contribution in [1.29, 1.82) is 0 Å². The molecule has 1 aliphatic rings. The second kappa shape index (κ2) is 8.13. The van der Waals surface area contributed by atoms with Gasteiger partial charge < -0.3 is 5.32 Å². The fraction of sp³-hybridized carbons (Fsp3) is 0.571. The summed E-state index contributed by atoms with van der Waals surface area (Å²) in [6, 6.07) is 2.80. The van der Waals surface area contributed by atoms with Gasteiger partial charge in [-0.25, -0.2) is 4.39 Å². The molecule has 1 aromatic carbocycles. The van der Waals surface area contributed by atoms with Crippen LogP contribution in [-0.2, 0) is 0 Å². The van der Waals surface area contributed by atoms with Crippen LogP contribution in [0.4, 0.5) is 8.78 Å². The maximum absolute atomic E-state index is 14.1. The zero-order chi connectivity index (χ0) is 13.8. The topological polar surface area (TPSA) is 15.3 Å². The van der Waals surface area contributed by atoms with Crippen LogP contribution in [-0.4, -0.2) is 37.8 Å². The monoisotopic (exact) mass is 324 g/mol. The largest absolute Gasteiger partial charge is 0.314 e. The van der Waals surface area contributed by atoms with Gasteiger partial charge in [-0.15, -0.1) is 12.4 Å². The predicted octanol–water partition coefficient (Wildman–Crippen LogP) is 3.52. The highest BCUT2D eigenvalue weighted by Gasteiger charge is 2.27. The Hall–Kier alpha value is -0.420. The van der Waals surface area contributed by atoms with Crippen molar-refractivity contribution >= 4 is 24.0 Å². The summed E-state index contributed by atoms with van der Waals surface area (Å²) < 4.78 is 26.9. The minimum Gasteiger partial charge on any atom is -0.314 e. The van der Waals surface area contributed by atoms with E-state index < -0.39 is 6.67 Å². The molecule has 0 aromatic heterocycles. The maximum Gasteiger partial charge on any atom is 0.129 e. The third kappa shape index (κ3) is 3.82. The number of halogens is 4. The Morgan fingerprint density at radius 1 is 1.35 bits per heavy atom. The molecule has 1 saturated heterocycles. The van der Waals surface area contributed by atoms with Crippen LogP contribution in [0.25, 0.3) is 0 Å². The molecule has 2 nitrogen and oxygen atoms in total. The molecular formula is C14H20Cl2F2N2. The van der Waals surface area contributed by atoms with Crippen LogP contribution in [0.5, 0.6) is 0 Å². The van der Waals surface area contributed by atoms with E-state index in [0.29, 0.717) is 10.6 Å². The van der Waals surface area contributed by atoms with Crippen LogP contribution in [0.3, 0.4) is 0 Å². The lowest BCUT2D eigenvalue weighted by molar-refractivity contribution is 0.154. The van der Waals surface area contributed by atoms with Crippen molar-refractivity contribution in [1.82, 2.24) is 10.2 Å². The lowest BCUT2D eigenvalue weighted by atomic mass is 9.99. The van der Waals surface area contributed by atoms with E-state index in [4.69, 9.17) is 11.6 Å². The number of hydrogen-bond acceptors (Lipinski definition) is 2. The van der Waals surface area contributed by atoms with Gasteiger partial charge in [-0.2, -0.15) is 0 Å². The molecule has 0 spiro atoms. The highest BCUT2D eigenvalue weighted by Crippen LogP contribution is 2.34. The Bertz CT molecular complexity index is 437. The van der Waals surface area contributed by atoms with Crippen molar-refractivity contribution in [3.05, 3.63) is 34.1 Å². The van der Waals surface area contributed by atoms with Gasteiger partial charge in [-0.05, 0) is 25.0 Å². The van der Waals surface area contributed by atoms with Gasteiger partial charge in [-0.3, -0.25) is 9.29 Å². The van der Waals surface area contributed by atoms with E-state index in [-0.39, 0.29) is 30.7 Å². The quantitative estimate of drug-likeness (QED) is 0.911. The van der Waals surface area contributed by atoms with Crippen molar-refractivity contribution in [2.45, 2.75) is 19.4 Å². The molecule has 1 aromatic rings. The van der Waals surface area contributed by atoms with Gasteiger partial charge in [-0.1, -0.05) is 17.7 Å². The zero-order valence-electron chi connectivity index (χ0n) is 11.5. The Balaban J connectivity index is 0.00000200.